The van der Waals surface area contributed by atoms with Crippen LogP contribution in [0.25, 0.3) is 0 Å². The molecule has 0 amide bonds. The zero-order valence-corrected chi connectivity index (χ0v) is 12.8. The summed E-state index contributed by atoms with van der Waals surface area (Å²) in [6.07, 6.45) is 0.266. The predicted octanol–water partition coefficient (Wildman–Crippen LogP) is 1.91. The van der Waals surface area contributed by atoms with Crippen LogP contribution in [0, 0.1) is 12.8 Å². The van der Waals surface area contributed by atoms with Crippen molar-refractivity contribution in [2.45, 2.75) is 39.0 Å². The van der Waals surface area contributed by atoms with Gasteiger partial charge in [-0.3, -0.25) is 4.79 Å². The Balaban J connectivity index is 2.80. The number of rotatable bonds is 7. The molecule has 0 unspecified atom stereocenters. The standard InChI is InChI=1S/C14H21NO4S/c1-10(2)7-13(14(16)17)15-20(18,19)9-12-6-4-5-11(3)8-12/h4-6,8,10,13,15H,7,9H2,1-3H3,(H,16,17)/t13-/m1/s1. The van der Waals surface area contributed by atoms with E-state index in [1.807, 2.05) is 26.8 Å². The highest BCUT2D eigenvalue weighted by Crippen LogP contribution is 2.11. The average molecular weight is 299 g/mol. The van der Waals surface area contributed by atoms with Crippen molar-refractivity contribution >= 4 is 16.0 Å². The molecule has 1 aromatic carbocycles. The fraction of sp³-hybridized carbons (Fsp3) is 0.500. The molecule has 0 aliphatic carbocycles. The van der Waals surface area contributed by atoms with Crippen LogP contribution in [0.5, 0.6) is 0 Å². The number of carboxylic acids is 1. The van der Waals surface area contributed by atoms with E-state index in [9.17, 15) is 13.2 Å². The van der Waals surface area contributed by atoms with E-state index in [-0.39, 0.29) is 18.1 Å². The van der Waals surface area contributed by atoms with Gasteiger partial charge >= 0.3 is 5.97 Å². The molecular weight excluding hydrogens is 278 g/mol. The first-order valence-electron chi connectivity index (χ1n) is 6.48. The van der Waals surface area contributed by atoms with Gasteiger partial charge in [-0.05, 0) is 24.8 Å². The van der Waals surface area contributed by atoms with Gasteiger partial charge in [0.2, 0.25) is 10.0 Å². The van der Waals surface area contributed by atoms with Crippen LogP contribution < -0.4 is 4.72 Å². The largest absolute Gasteiger partial charge is 0.480 e. The minimum Gasteiger partial charge on any atom is -0.480 e. The van der Waals surface area contributed by atoms with Crippen LogP contribution in [0.4, 0.5) is 0 Å². The van der Waals surface area contributed by atoms with Gasteiger partial charge in [0.05, 0.1) is 5.75 Å². The number of hydrogen-bond acceptors (Lipinski definition) is 3. The Morgan fingerprint density at radius 3 is 2.50 bits per heavy atom. The van der Waals surface area contributed by atoms with Crippen LogP contribution in [-0.4, -0.2) is 25.5 Å². The zero-order chi connectivity index (χ0) is 15.3. The SMILES string of the molecule is Cc1cccc(CS(=O)(=O)N[C@H](CC(C)C)C(=O)O)c1. The second-order valence-corrected chi connectivity index (χ2v) is 7.14. The number of sulfonamides is 1. The van der Waals surface area contributed by atoms with Gasteiger partial charge in [0.25, 0.3) is 0 Å². The number of nitrogens with one attached hydrogen (secondary N) is 1. The van der Waals surface area contributed by atoms with E-state index in [1.54, 1.807) is 18.2 Å². The van der Waals surface area contributed by atoms with Crippen LogP contribution in [0.1, 0.15) is 31.4 Å². The van der Waals surface area contributed by atoms with E-state index >= 15 is 0 Å². The summed E-state index contributed by atoms with van der Waals surface area (Å²) in [5.41, 5.74) is 1.61. The molecule has 1 rings (SSSR count). The van der Waals surface area contributed by atoms with E-state index in [1.165, 1.54) is 0 Å². The summed E-state index contributed by atoms with van der Waals surface area (Å²) in [4.78, 5) is 11.1. The van der Waals surface area contributed by atoms with Gasteiger partial charge in [-0.15, -0.1) is 0 Å². The van der Waals surface area contributed by atoms with Crippen molar-refractivity contribution in [1.29, 1.82) is 0 Å². The van der Waals surface area contributed by atoms with E-state index < -0.39 is 22.0 Å². The lowest BCUT2D eigenvalue weighted by molar-refractivity contribution is -0.139. The molecule has 0 aromatic heterocycles. The molecule has 0 heterocycles. The lowest BCUT2D eigenvalue weighted by Gasteiger charge is -2.16. The number of carboxylic acid groups (broad SMARTS) is 1. The molecule has 1 aromatic rings. The molecule has 0 saturated heterocycles. The fourth-order valence-corrected chi connectivity index (χ4v) is 3.28. The number of benzene rings is 1. The highest BCUT2D eigenvalue weighted by atomic mass is 32.2. The van der Waals surface area contributed by atoms with E-state index in [2.05, 4.69) is 4.72 Å². The Morgan fingerprint density at radius 2 is 2.00 bits per heavy atom. The van der Waals surface area contributed by atoms with Crippen LogP contribution in [0.3, 0.4) is 0 Å². The molecule has 0 radical (unpaired) electrons. The van der Waals surface area contributed by atoms with Crippen molar-refractivity contribution in [2.75, 3.05) is 0 Å². The highest BCUT2D eigenvalue weighted by molar-refractivity contribution is 7.88. The monoisotopic (exact) mass is 299 g/mol. The minimum atomic E-state index is -3.67. The van der Waals surface area contributed by atoms with Crippen molar-refractivity contribution in [1.82, 2.24) is 4.72 Å². The molecule has 0 aliphatic rings. The second kappa shape index (κ2) is 6.85. The maximum atomic E-state index is 12.0. The lowest BCUT2D eigenvalue weighted by atomic mass is 10.1. The van der Waals surface area contributed by atoms with Crippen molar-refractivity contribution in [3.63, 3.8) is 0 Å². The van der Waals surface area contributed by atoms with Crippen LogP contribution in [0.2, 0.25) is 0 Å². The molecule has 5 nitrogen and oxygen atoms in total. The number of hydrogen-bond donors (Lipinski definition) is 2. The Bertz CT molecular complexity index is 566. The van der Waals surface area contributed by atoms with Crippen molar-refractivity contribution in [3.8, 4) is 0 Å². The Labute approximate surface area is 120 Å². The maximum Gasteiger partial charge on any atom is 0.321 e. The normalized spacial score (nSPS) is 13.4. The first kappa shape index (κ1) is 16.7. The molecule has 6 heteroatoms. The van der Waals surface area contributed by atoms with Gasteiger partial charge in [0.15, 0.2) is 0 Å². The molecule has 0 saturated carbocycles. The molecular formula is C14H21NO4S. The Hall–Kier alpha value is -1.40. The topological polar surface area (TPSA) is 83.5 Å². The van der Waals surface area contributed by atoms with Crippen molar-refractivity contribution in [2.24, 2.45) is 5.92 Å². The van der Waals surface area contributed by atoms with E-state index in [0.717, 1.165) is 5.56 Å². The fourth-order valence-electron chi connectivity index (χ4n) is 1.95. The van der Waals surface area contributed by atoms with Crippen LogP contribution in [0.15, 0.2) is 24.3 Å². The third-order valence-electron chi connectivity index (χ3n) is 2.77. The zero-order valence-electron chi connectivity index (χ0n) is 12.0. The summed E-state index contributed by atoms with van der Waals surface area (Å²) in [7, 11) is -3.67. The van der Waals surface area contributed by atoms with Gasteiger partial charge in [-0.25, -0.2) is 13.1 Å². The third-order valence-corrected chi connectivity index (χ3v) is 4.12. The smallest absolute Gasteiger partial charge is 0.321 e. The maximum absolute atomic E-state index is 12.0. The Morgan fingerprint density at radius 1 is 1.35 bits per heavy atom. The van der Waals surface area contributed by atoms with Crippen molar-refractivity contribution < 1.29 is 18.3 Å². The summed E-state index contributed by atoms with van der Waals surface area (Å²) in [6.45, 7) is 5.58. The first-order chi connectivity index (χ1) is 9.19. The highest BCUT2D eigenvalue weighted by Gasteiger charge is 2.24. The molecule has 112 valence electrons. The van der Waals surface area contributed by atoms with Crippen molar-refractivity contribution in [3.05, 3.63) is 35.4 Å². The molecule has 0 aliphatic heterocycles. The molecule has 0 fully saturated rings. The molecule has 20 heavy (non-hydrogen) atoms. The van der Waals surface area contributed by atoms with Gasteiger partial charge in [0, 0.05) is 0 Å². The van der Waals surface area contributed by atoms with Crippen LogP contribution in [-0.2, 0) is 20.6 Å². The van der Waals surface area contributed by atoms with Crippen LogP contribution >= 0.6 is 0 Å². The molecule has 2 N–H and O–H groups in total. The van der Waals surface area contributed by atoms with Gasteiger partial charge < -0.3 is 5.11 Å². The number of aliphatic carboxylic acids is 1. The van der Waals surface area contributed by atoms with Gasteiger partial charge in [-0.2, -0.15) is 0 Å². The summed E-state index contributed by atoms with van der Waals surface area (Å²) >= 11 is 0. The summed E-state index contributed by atoms with van der Waals surface area (Å²) in [5, 5.41) is 9.07. The summed E-state index contributed by atoms with van der Waals surface area (Å²) in [5.74, 6) is -1.26. The van der Waals surface area contributed by atoms with Gasteiger partial charge in [-0.1, -0.05) is 43.7 Å². The number of aryl methyl sites for hydroxylation is 1. The average Bonchev–Trinajstić information content (AvgIpc) is 2.26. The predicted molar refractivity (Wildman–Crippen MR) is 77.8 cm³/mol. The third kappa shape index (κ3) is 5.71. The van der Waals surface area contributed by atoms with E-state index in [0.29, 0.717) is 5.56 Å². The second-order valence-electron chi connectivity index (χ2n) is 5.39. The summed E-state index contributed by atoms with van der Waals surface area (Å²) < 4.78 is 26.3. The Kier molecular flexibility index (Phi) is 5.71. The van der Waals surface area contributed by atoms with Gasteiger partial charge in [0.1, 0.15) is 6.04 Å². The minimum absolute atomic E-state index is 0.0952. The number of carbonyl (C=O) groups is 1. The molecule has 0 bridgehead atoms. The van der Waals surface area contributed by atoms with E-state index in [4.69, 9.17) is 5.11 Å². The lowest BCUT2D eigenvalue weighted by Crippen LogP contribution is -2.42. The molecule has 1 atom stereocenters. The first-order valence-corrected chi connectivity index (χ1v) is 8.13. The molecule has 0 spiro atoms. The quantitative estimate of drug-likeness (QED) is 0.805. The summed E-state index contributed by atoms with van der Waals surface area (Å²) in [6, 6.07) is 6.07.